The number of carbonyl (C=O) groups excluding carboxylic acids is 1. The number of phenols is 1. The van der Waals surface area contributed by atoms with Gasteiger partial charge in [-0.05, 0) is 78.1 Å². The maximum atomic E-state index is 11.4. The molecule has 1 aromatic heterocycles. The van der Waals surface area contributed by atoms with Crippen LogP contribution in [0.3, 0.4) is 0 Å². The summed E-state index contributed by atoms with van der Waals surface area (Å²) in [5.74, 6) is 0.300. The third-order valence-corrected chi connectivity index (χ3v) is 6.44. The molecule has 180 valence electrons. The number of rotatable bonds is 4. The summed E-state index contributed by atoms with van der Waals surface area (Å²) in [4.78, 5) is 11.4. The topological polar surface area (TPSA) is 61.4 Å². The first-order valence-electron chi connectivity index (χ1n) is 11.8. The molecule has 3 aromatic carbocycles. The summed E-state index contributed by atoms with van der Waals surface area (Å²) >= 11 is 0. The van der Waals surface area contributed by atoms with E-state index in [2.05, 4.69) is 22.8 Å². The van der Waals surface area contributed by atoms with Gasteiger partial charge in [0.25, 0.3) is 0 Å². The van der Waals surface area contributed by atoms with Gasteiger partial charge in [-0.2, -0.15) is 4.57 Å². The van der Waals surface area contributed by atoms with Crippen molar-refractivity contribution in [2.45, 2.75) is 20.8 Å². The van der Waals surface area contributed by atoms with E-state index in [9.17, 15) is 15.0 Å². The molecule has 0 aliphatic rings. The number of hydrogen-bond acceptors (Lipinski definition) is 3. The molecule has 0 aliphatic heterocycles. The van der Waals surface area contributed by atoms with Gasteiger partial charge in [0.2, 0.25) is 5.52 Å². The average molecular weight is 477 g/mol. The molecular formula is C32H30NO3+. The molecule has 0 aliphatic carbocycles. The smallest absolute Gasteiger partial charge is 0.213 e. The summed E-state index contributed by atoms with van der Waals surface area (Å²) in [7, 11) is 2.02. The summed E-state index contributed by atoms with van der Waals surface area (Å²) < 4.78 is 2.11. The number of phenolic OH excluding ortho intramolecular Hbond substituents is 1. The van der Waals surface area contributed by atoms with Gasteiger partial charge in [0, 0.05) is 30.2 Å². The molecule has 0 spiro atoms. The molecule has 0 amide bonds. The number of fused-ring (bicyclic) bond motifs is 1. The van der Waals surface area contributed by atoms with Crippen LogP contribution in [-0.2, 0) is 7.05 Å². The van der Waals surface area contributed by atoms with E-state index in [-0.39, 0.29) is 11.5 Å². The fourth-order valence-corrected chi connectivity index (χ4v) is 4.57. The van der Waals surface area contributed by atoms with Crippen molar-refractivity contribution < 1.29 is 19.6 Å². The van der Waals surface area contributed by atoms with Crippen molar-refractivity contribution in [2.24, 2.45) is 7.05 Å². The first-order chi connectivity index (χ1) is 17.3. The molecule has 0 saturated heterocycles. The Hall–Kier alpha value is -4.44. The summed E-state index contributed by atoms with van der Waals surface area (Å²) in [6, 6.07) is 26.6. The van der Waals surface area contributed by atoms with Gasteiger partial charge in [0.05, 0.1) is 5.39 Å². The molecule has 0 radical (unpaired) electrons. The second-order valence-electron chi connectivity index (χ2n) is 9.03. The van der Waals surface area contributed by atoms with Crippen LogP contribution in [0.25, 0.3) is 33.9 Å². The van der Waals surface area contributed by atoms with Crippen LogP contribution in [0.2, 0.25) is 0 Å². The van der Waals surface area contributed by atoms with Gasteiger partial charge in [0.1, 0.15) is 24.8 Å². The Morgan fingerprint density at radius 3 is 2.14 bits per heavy atom. The molecule has 4 nitrogen and oxygen atoms in total. The highest BCUT2D eigenvalue weighted by atomic mass is 16.3. The highest BCUT2D eigenvalue weighted by Crippen LogP contribution is 2.32. The Morgan fingerprint density at radius 1 is 0.806 bits per heavy atom. The third-order valence-electron chi connectivity index (χ3n) is 6.44. The molecule has 0 bridgehead atoms. The van der Waals surface area contributed by atoms with E-state index in [4.69, 9.17) is 0 Å². The fraction of sp³-hybridized carbons (Fsp3) is 0.125. The zero-order valence-corrected chi connectivity index (χ0v) is 21.0. The molecule has 2 N–H and O–H groups in total. The monoisotopic (exact) mass is 476 g/mol. The lowest BCUT2D eigenvalue weighted by molar-refractivity contribution is -0.650. The van der Waals surface area contributed by atoms with Crippen LogP contribution in [0, 0.1) is 20.8 Å². The molecule has 0 atom stereocenters. The summed E-state index contributed by atoms with van der Waals surface area (Å²) in [6.07, 6.45) is 2.56. The van der Waals surface area contributed by atoms with Crippen molar-refractivity contribution in [2.75, 3.05) is 0 Å². The molecule has 1 heterocycles. The number of para-hydroxylation sites is 1. The lowest BCUT2D eigenvalue weighted by atomic mass is 9.92. The van der Waals surface area contributed by atoms with E-state index in [1.165, 1.54) is 0 Å². The van der Waals surface area contributed by atoms with Crippen molar-refractivity contribution in [1.29, 1.82) is 0 Å². The number of aliphatic hydroxyl groups is 1. The molecular weight excluding hydrogens is 446 g/mol. The van der Waals surface area contributed by atoms with E-state index in [0.29, 0.717) is 11.1 Å². The first-order valence-corrected chi connectivity index (χ1v) is 11.8. The number of benzene rings is 3. The van der Waals surface area contributed by atoms with Crippen molar-refractivity contribution in [3.05, 3.63) is 118 Å². The van der Waals surface area contributed by atoms with E-state index in [0.717, 1.165) is 50.7 Å². The predicted octanol–water partition coefficient (Wildman–Crippen LogP) is 6.96. The molecule has 4 heteroatoms. The van der Waals surface area contributed by atoms with E-state index < -0.39 is 0 Å². The minimum absolute atomic E-state index is 0.121. The number of aliphatic hydroxyl groups excluding tert-OH is 1. The van der Waals surface area contributed by atoms with Crippen molar-refractivity contribution in [3.8, 4) is 16.9 Å². The Balaban J connectivity index is 2.04. The lowest BCUT2D eigenvalue weighted by Crippen LogP contribution is -2.31. The maximum absolute atomic E-state index is 11.4. The largest absolute Gasteiger partial charge is 0.508 e. The highest BCUT2D eigenvalue weighted by Gasteiger charge is 2.14. The zero-order chi connectivity index (χ0) is 25.8. The third kappa shape index (κ3) is 5.13. The lowest BCUT2D eigenvalue weighted by Gasteiger charge is -2.12. The van der Waals surface area contributed by atoms with Gasteiger partial charge in [-0.3, -0.25) is 4.79 Å². The number of nitrogens with zero attached hydrogens (tertiary/aromatic N) is 1. The van der Waals surface area contributed by atoms with Crippen LogP contribution in [0.15, 0.2) is 84.9 Å². The normalized spacial score (nSPS) is 11.3. The Labute approximate surface area is 211 Å². The van der Waals surface area contributed by atoms with Gasteiger partial charge in [0.15, 0.2) is 5.69 Å². The van der Waals surface area contributed by atoms with E-state index in [1.807, 2.05) is 70.3 Å². The summed E-state index contributed by atoms with van der Waals surface area (Å²) in [5.41, 5.74) is 8.27. The number of aromatic hydroxyl groups is 1. The van der Waals surface area contributed by atoms with Crippen LogP contribution < -0.4 is 4.57 Å². The molecule has 4 rings (SSSR count). The van der Waals surface area contributed by atoms with E-state index >= 15 is 0 Å². The number of aryl methyl sites for hydroxylation is 4. The number of carbonyl (C=O) groups is 1. The van der Waals surface area contributed by atoms with Crippen LogP contribution in [-0.4, -0.2) is 16.5 Å². The van der Waals surface area contributed by atoms with Crippen LogP contribution >= 0.6 is 0 Å². The highest BCUT2D eigenvalue weighted by molar-refractivity contribution is 5.95. The van der Waals surface area contributed by atoms with Gasteiger partial charge < -0.3 is 10.2 Å². The molecule has 36 heavy (non-hydrogen) atoms. The zero-order valence-electron chi connectivity index (χ0n) is 21.0. The minimum Gasteiger partial charge on any atom is -0.508 e. The molecule has 4 aromatic rings. The van der Waals surface area contributed by atoms with Crippen LogP contribution in [0.4, 0.5) is 0 Å². The van der Waals surface area contributed by atoms with Crippen molar-refractivity contribution in [3.63, 3.8) is 0 Å². The number of aromatic nitrogens is 1. The van der Waals surface area contributed by atoms with Gasteiger partial charge in [-0.15, -0.1) is 0 Å². The Morgan fingerprint density at radius 2 is 1.47 bits per heavy atom. The fourth-order valence-electron chi connectivity index (χ4n) is 4.57. The van der Waals surface area contributed by atoms with Crippen LogP contribution in [0.5, 0.6) is 5.75 Å². The summed E-state index contributed by atoms with van der Waals surface area (Å²) in [5, 5.41) is 21.6. The van der Waals surface area contributed by atoms with Gasteiger partial charge in [-0.1, -0.05) is 42.5 Å². The Bertz CT molecular complexity index is 1530. The standard InChI is InChI=1S/C32H29NO3/c1-21-16-25(20-34)17-22(2)32(21)29-10-7-8-26(31(36)19-24-12-14-27(35)15-13-24)18-23(3)33(4)30-11-6-5-9-28(29)30/h5-20H,1-4H3,(H,34,36)/p+1. The Kier molecular flexibility index (Phi) is 7.16. The molecule has 0 unspecified atom stereocenters. The van der Waals surface area contributed by atoms with Crippen LogP contribution in [0.1, 0.15) is 38.3 Å². The van der Waals surface area contributed by atoms with E-state index in [1.54, 1.807) is 30.3 Å². The quantitative estimate of drug-likeness (QED) is 0.190. The SMILES string of the molecule is Cc1cc(C=O)cc(C)c1-c1cccc(/C(O)=C/c2ccc(O)cc2)cc(C)[n+](C)c2ccccc12. The second-order valence-corrected chi connectivity index (χ2v) is 9.03. The summed E-state index contributed by atoms with van der Waals surface area (Å²) in [6.45, 7) is 6.07. The van der Waals surface area contributed by atoms with Gasteiger partial charge in [-0.25, -0.2) is 0 Å². The molecule has 0 saturated carbocycles. The number of aldehydes is 1. The van der Waals surface area contributed by atoms with Crippen molar-refractivity contribution in [1.82, 2.24) is 0 Å². The second kappa shape index (κ2) is 10.4. The maximum Gasteiger partial charge on any atom is 0.213 e. The predicted molar refractivity (Wildman–Crippen MR) is 146 cm³/mol. The van der Waals surface area contributed by atoms with Crippen molar-refractivity contribution >= 4 is 29.0 Å². The first kappa shape index (κ1) is 24.7. The van der Waals surface area contributed by atoms with Gasteiger partial charge >= 0.3 is 0 Å². The number of hydrogen-bond donors (Lipinski definition) is 2. The average Bonchev–Trinajstić information content (AvgIpc) is 2.87. The minimum atomic E-state index is 0.121. The molecule has 0 fully saturated rings.